The van der Waals surface area contributed by atoms with Gasteiger partial charge >= 0.3 is 0 Å². The molecule has 1 aromatic heterocycles. The Bertz CT molecular complexity index is 564. The van der Waals surface area contributed by atoms with Gasteiger partial charge in [-0.2, -0.15) is 5.26 Å². The number of likely N-dealkylation sites (tertiary alicyclic amines) is 1. The molecule has 1 N–H and O–H groups in total. The zero-order chi connectivity index (χ0) is 16.1. The summed E-state index contributed by atoms with van der Waals surface area (Å²) in [6.07, 6.45) is 7.18. The summed E-state index contributed by atoms with van der Waals surface area (Å²) in [4.78, 5) is 24.7. The highest BCUT2D eigenvalue weighted by Gasteiger charge is 2.29. The zero-order valence-electron chi connectivity index (χ0n) is 13.2. The number of rotatable bonds is 4. The van der Waals surface area contributed by atoms with E-state index in [0.717, 1.165) is 44.7 Å². The van der Waals surface area contributed by atoms with E-state index in [1.165, 1.54) is 0 Å². The Kier molecular flexibility index (Phi) is 5.03. The number of nitrogens with zero attached hydrogens (tertiary/aromatic N) is 5. The molecule has 0 spiro atoms. The summed E-state index contributed by atoms with van der Waals surface area (Å²) in [5.41, 5.74) is 0. The number of nitrogens with one attached hydrogen (secondary N) is 1. The van der Waals surface area contributed by atoms with E-state index in [1.54, 1.807) is 17.3 Å². The van der Waals surface area contributed by atoms with Gasteiger partial charge < -0.3 is 15.1 Å². The quantitative estimate of drug-likeness (QED) is 0.873. The zero-order valence-corrected chi connectivity index (χ0v) is 13.2. The molecule has 23 heavy (non-hydrogen) atoms. The first kappa shape index (κ1) is 15.7. The second-order valence-electron chi connectivity index (χ2n) is 6.07. The van der Waals surface area contributed by atoms with E-state index < -0.39 is 0 Å². The minimum absolute atomic E-state index is 0.0443. The van der Waals surface area contributed by atoms with Crippen molar-refractivity contribution in [3.8, 4) is 6.07 Å². The molecule has 0 bridgehead atoms. The van der Waals surface area contributed by atoms with Crippen LogP contribution in [0.4, 0.5) is 5.95 Å². The van der Waals surface area contributed by atoms with Gasteiger partial charge in [0.05, 0.1) is 12.6 Å². The Hall–Kier alpha value is -2.20. The van der Waals surface area contributed by atoms with Crippen LogP contribution >= 0.6 is 0 Å². The maximum absolute atomic E-state index is 12.2. The molecule has 0 saturated carbocycles. The van der Waals surface area contributed by atoms with E-state index in [0.29, 0.717) is 19.1 Å². The molecule has 1 amide bonds. The predicted molar refractivity (Wildman–Crippen MR) is 85.6 cm³/mol. The molecule has 1 atom stereocenters. The number of hydrogen-bond donors (Lipinski definition) is 1. The van der Waals surface area contributed by atoms with Gasteiger partial charge in [-0.25, -0.2) is 9.97 Å². The Labute approximate surface area is 136 Å². The molecular formula is C16H22N6O. The minimum Gasteiger partial charge on any atom is -0.341 e. The van der Waals surface area contributed by atoms with Crippen LogP contribution < -0.4 is 10.2 Å². The average Bonchev–Trinajstić information content (AvgIpc) is 3.10. The monoisotopic (exact) mass is 314 g/mol. The van der Waals surface area contributed by atoms with Crippen LogP contribution in [-0.2, 0) is 4.79 Å². The topological polar surface area (TPSA) is 85.2 Å². The second-order valence-corrected chi connectivity index (χ2v) is 6.07. The Morgan fingerprint density at radius 2 is 2.00 bits per heavy atom. The maximum atomic E-state index is 12.2. The van der Waals surface area contributed by atoms with E-state index in [9.17, 15) is 4.79 Å². The van der Waals surface area contributed by atoms with Gasteiger partial charge in [-0.3, -0.25) is 4.79 Å². The van der Waals surface area contributed by atoms with Gasteiger partial charge in [0, 0.05) is 38.1 Å². The van der Waals surface area contributed by atoms with Crippen LogP contribution in [0.1, 0.15) is 25.7 Å². The van der Waals surface area contributed by atoms with Crippen LogP contribution in [0.5, 0.6) is 0 Å². The van der Waals surface area contributed by atoms with Gasteiger partial charge in [-0.1, -0.05) is 0 Å². The van der Waals surface area contributed by atoms with Gasteiger partial charge in [0.1, 0.15) is 6.04 Å². The first-order chi connectivity index (χ1) is 11.3. The lowest BCUT2D eigenvalue weighted by atomic mass is 10.1. The standard InChI is InChI=1S/C16H22N6O/c17-11-14-3-1-8-22(14)15(23)12-20-13-4-9-21(10-5-13)16-18-6-2-7-19-16/h2,6-7,13-14,20H,1,3-5,8-10,12H2/t14-/m0/s1. The van der Waals surface area contributed by atoms with E-state index in [2.05, 4.69) is 26.3 Å². The Morgan fingerprint density at radius 3 is 2.70 bits per heavy atom. The van der Waals surface area contributed by atoms with E-state index in [-0.39, 0.29) is 11.9 Å². The van der Waals surface area contributed by atoms with Crippen LogP contribution in [0.2, 0.25) is 0 Å². The predicted octanol–water partition coefficient (Wildman–Crippen LogP) is 0.550. The molecule has 3 rings (SSSR count). The number of anilines is 1. The number of amides is 1. The summed E-state index contributed by atoms with van der Waals surface area (Å²) in [6.45, 7) is 2.81. The van der Waals surface area contributed by atoms with Crippen molar-refractivity contribution >= 4 is 11.9 Å². The molecule has 0 aliphatic carbocycles. The van der Waals surface area contributed by atoms with Crippen molar-refractivity contribution < 1.29 is 4.79 Å². The van der Waals surface area contributed by atoms with Crippen molar-refractivity contribution in [1.29, 1.82) is 5.26 Å². The van der Waals surface area contributed by atoms with Crippen molar-refractivity contribution in [2.75, 3.05) is 31.1 Å². The molecular weight excluding hydrogens is 292 g/mol. The molecule has 1 aromatic rings. The highest BCUT2D eigenvalue weighted by Crippen LogP contribution is 2.17. The normalized spacial score (nSPS) is 22.1. The lowest BCUT2D eigenvalue weighted by Crippen LogP contribution is -2.47. The fraction of sp³-hybridized carbons (Fsp3) is 0.625. The van der Waals surface area contributed by atoms with Gasteiger partial charge in [-0.15, -0.1) is 0 Å². The third kappa shape index (κ3) is 3.77. The summed E-state index contributed by atoms with van der Waals surface area (Å²) >= 11 is 0. The summed E-state index contributed by atoms with van der Waals surface area (Å²) in [5, 5.41) is 12.4. The number of hydrogen-bond acceptors (Lipinski definition) is 6. The number of aromatic nitrogens is 2. The smallest absolute Gasteiger partial charge is 0.237 e. The lowest BCUT2D eigenvalue weighted by molar-refractivity contribution is -0.130. The van der Waals surface area contributed by atoms with Gasteiger partial charge in [0.15, 0.2) is 0 Å². The first-order valence-electron chi connectivity index (χ1n) is 8.22. The molecule has 2 aliphatic rings. The van der Waals surface area contributed by atoms with E-state index in [4.69, 9.17) is 5.26 Å². The van der Waals surface area contributed by atoms with Crippen LogP contribution in [0.15, 0.2) is 18.5 Å². The summed E-state index contributed by atoms with van der Waals surface area (Å²) < 4.78 is 0. The highest BCUT2D eigenvalue weighted by molar-refractivity contribution is 5.79. The second kappa shape index (κ2) is 7.38. The molecule has 7 nitrogen and oxygen atoms in total. The summed E-state index contributed by atoms with van der Waals surface area (Å²) in [6, 6.07) is 4.13. The van der Waals surface area contributed by atoms with Crippen molar-refractivity contribution in [3.63, 3.8) is 0 Å². The van der Waals surface area contributed by atoms with Crippen molar-refractivity contribution in [3.05, 3.63) is 18.5 Å². The highest BCUT2D eigenvalue weighted by atomic mass is 16.2. The number of nitriles is 1. The number of carbonyl (C=O) groups is 1. The van der Waals surface area contributed by atoms with Crippen molar-refractivity contribution in [2.45, 2.75) is 37.8 Å². The third-order valence-corrected chi connectivity index (χ3v) is 4.59. The van der Waals surface area contributed by atoms with Crippen LogP contribution in [0.25, 0.3) is 0 Å². The molecule has 0 unspecified atom stereocenters. The molecule has 2 fully saturated rings. The molecule has 2 aliphatic heterocycles. The third-order valence-electron chi connectivity index (χ3n) is 4.59. The Balaban J connectivity index is 1.43. The number of carbonyl (C=O) groups excluding carboxylic acids is 1. The molecule has 2 saturated heterocycles. The SMILES string of the molecule is N#C[C@@H]1CCCN1C(=O)CNC1CCN(c2ncccn2)CC1. The molecule has 0 radical (unpaired) electrons. The molecule has 7 heteroatoms. The molecule has 122 valence electrons. The van der Waals surface area contributed by atoms with Gasteiger partial charge in [0.25, 0.3) is 0 Å². The fourth-order valence-electron chi connectivity index (χ4n) is 3.27. The van der Waals surface area contributed by atoms with Gasteiger partial charge in [0.2, 0.25) is 11.9 Å². The minimum atomic E-state index is -0.235. The largest absolute Gasteiger partial charge is 0.341 e. The fourth-order valence-corrected chi connectivity index (χ4v) is 3.27. The van der Waals surface area contributed by atoms with Crippen molar-refractivity contribution in [1.82, 2.24) is 20.2 Å². The number of piperidine rings is 1. The van der Waals surface area contributed by atoms with Crippen LogP contribution in [0.3, 0.4) is 0 Å². The van der Waals surface area contributed by atoms with Gasteiger partial charge in [-0.05, 0) is 31.7 Å². The van der Waals surface area contributed by atoms with E-state index >= 15 is 0 Å². The molecule has 0 aromatic carbocycles. The van der Waals surface area contributed by atoms with Crippen LogP contribution in [0, 0.1) is 11.3 Å². The maximum Gasteiger partial charge on any atom is 0.237 e. The van der Waals surface area contributed by atoms with Crippen LogP contribution in [-0.4, -0.2) is 59.0 Å². The van der Waals surface area contributed by atoms with Crippen molar-refractivity contribution in [2.24, 2.45) is 0 Å². The summed E-state index contributed by atoms with van der Waals surface area (Å²) in [7, 11) is 0. The lowest BCUT2D eigenvalue weighted by Gasteiger charge is -2.32. The summed E-state index contributed by atoms with van der Waals surface area (Å²) in [5.74, 6) is 0.818. The Morgan fingerprint density at radius 1 is 1.26 bits per heavy atom. The van der Waals surface area contributed by atoms with E-state index in [1.807, 2.05) is 6.07 Å². The average molecular weight is 314 g/mol. The molecule has 3 heterocycles. The first-order valence-corrected chi connectivity index (χ1v) is 8.22.